The summed E-state index contributed by atoms with van der Waals surface area (Å²) >= 11 is 0. The van der Waals surface area contributed by atoms with Crippen molar-refractivity contribution in [1.82, 2.24) is 4.90 Å². The molecule has 2 heteroatoms. The van der Waals surface area contributed by atoms with Gasteiger partial charge in [-0.2, -0.15) is 0 Å². The van der Waals surface area contributed by atoms with Gasteiger partial charge in [0.1, 0.15) is 0 Å². The number of hydrogen-bond donors (Lipinski definition) is 1. The van der Waals surface area contributed by atoms with Crippen molar-refractivity contribution < 1.29 is 0 Å². The third-order valence-electron chi connectivity index (χ3n) is 6.52. The smallest absolute Gasteiger partial charge is 0.0349 e. The van der Waals surface area contributed by atoms with Gasteiger partial charge in [0.25, 0.3) is 0 Å². The summed E-state index contributed by atoms with van der Waals surface area (Å²) in [7, 11) is 0. The van der Waals surface area contributed by atoms with E-state index in [2.05, 4.69) is 60.4 Å². The zero-order valence-corrected chi connectivity index (χ0v) is 18.4. The normalized spacial score (nSPS) is 16.1. The molecule has 0 spiro atoms. The van der Waals surface area contributed by atoms with E-state index in [9.17, 15) is 0 Å². The predicted molar refractivity (Wildman–Crippen MR) is 126 cm³/mol. The van der Waals surface area contributed by atoms with Crippen molar-refractivity contribution in [3.63, 3.8) is 0 Å². The van der Waals surface area contributed by atoms with Gasteiger partial charge in [0.15, 0.2) is 0 Å². The summed E-state index contributed by atoms with van der Waals surface area (Å²) in [6.45, 7) is 4.81. The highest BCUT2D eigenvalue weighted by molar-refractivity contribution is 5.52. The van der Waals surface area contributed by atoms with E-state index in [1.54, 1.807) is 0 Å². The Hall–Kier alpha value is -1.80. The summed E-state index contributed by atoms with van der Waals surface area (Å²) in [5.41, 5.74) is 11.6. The predicted octanol–water partition coefficient (Wildman–Crippen LogP) is 6.42. The Kier molecular flexibility index (Phi) is 9.08. The van der Waals surface area contributed by atoms with Gasteiger partial charge in [-0.15, -0.1) is 0 Å². The highest BCUT2D eigenvalue weighted by atomic mass is 15.1. The molecule has 0 bridgehead atoms. The van der Waals surface area contributed by atoms with Crippen LogP contribution in [0.3, 0.4) is 0 Å². The van der Waals surface area contributed by atoms with Crippen LogP contribution in [0.25, 0.3) is 0 Å². The molecule has 0 radical (unpaired) electrons. The summed E-state index contributed by atoms with van der Waals surface area (Å²) in [5, 5.41) is 0. The fourth-order valence-electron chi connectivity index (χ4n) is 4.89. The summed E-state index contributed by atoms with van der Waals surface area (Å²) < 4.78 is 0. The van der Waals surface area contributed by atoms with Crippen molar-refractivity contribution in [1.29, 1.82) is 0 Å². The molecule has 0 aromatic heterocycles. The molecule has 0 saturated heterocycles. The first-order valence-corrected chi connectivity index (χ1v) is 11.9. The van der Waals surface area contributed by atoms with Crippen molar-refractivity contribution in [2.45, 2.75) is 83.6 Å². The van der Waals surface area contributed by atoms with Gasteiger partial charge in [-0.05, 0) is 80.8 Å². The monoisotopic (exact) mass is 392 g/mol. The van der Waals surface area contributed by atoms with Crippen LogP contribution in [-0.4, -0.2) is 24.0 Å². The molecule has 0 aliphatic heterocycles. The zero-order valence-electron chi connectivity index (χ0n) is 18.4. The van der Waals surface area contributed by atoms with E-state index in [-0.39, 0.29) is 0 Å². The fraction of sp³-hybridized carbons (Fsp3) is 0.556. The van der Waals surface area contributed by atoms with Gasteiger partial charge in [0.05, 0.1) is 0 Å². The van der Waals surface area contributed by atoms with Crippen LogP contribution in [0.4, 0.5) is 5.69 Å². The van der Waals surface area contributed by atoms with Gasteiger partial charge < -0.3 is 10.6 Å². The van der Waals surface area contributed by atoms with E-state index >= 15 is 0 Å². The maximum Gasteiger partial charge on any atom is 0.0349 e. The first-order chi connectivity index (χ1) is 14.3. The lowest BCUT2D eigenvalue weighted by molar-refractivity contribution is 0.176. The molecule has 0 saturated carbocycles. The lowest BCUT2D eigenvalue weighted by atomic mass is 9.86. The van der Waals surface area contributed by atoms with Crippen molar-refractivity contribution >= 4 is 5.69 Å². The second kappa shape index (κ2) is 12.0. The molecule has 2 N–H and O–H groups in total. The Bertz CT molecular complexity index is 710. The van der Waals surface area contributed by atoms with E-state index in [1.165, 1.54) is 94.0 Å². The van der Waals surface area contributed by atoms with Crippen LogP contribution in [0, 0.1) is 0 Å². The Balaban J connectivity index is 1.32. The standard InChI is InChI=1S/C27H40N2/c1-2-20-29(25-18-19-26-24(22-25)16-12-17-27(26)28)21-11-6-4-3-5-8-13-23-14-9-7-10-15-23/h7,9-10,12,14-17,25H,2-6,8,11,13,18-22,28H2,1H3. The van der Waals surface area contributed by atoms with Crippen molar-refractivity contribution in [3.8, 4) is 0 Å². The number of benzene rings is 2. The van der Waals surface area contributed by atoms with Gasteiger partial charge in [0, 0.05) is 11.7 Å². The Morgan fingerprint density at radius 1 is 0.862 bits per heavy atom. The molecule has 2 aromatic rings. The van der Waals surface area contributed by atoms with E-state index in [0.717, 1.165) is 12.1 Å². The third kappa shape index (κ3) is 6.89. The summed E-state index contributed by atoms with van der Waals surface area (Å²) in [4.78, 5) is 2.77. The van der Waals surface area contributed by atoms with Crippen LogP contribution in [0.2, 0.25) is 0 Å². The van der Waals surface area contributed by atoms with Gasteiger partial charge in [-0.25, -0.2) is 0 Å². The van der Waals surface area contributed by atoms with Crippen LogP contribution in [0.15, 0.2) is 48.5 Å². The molecule has 3 rings (SSSR count). The minimum atomic E-state index is 0.704. The molecular weight excluding hydrogens is 352 g/mol. The number of nitrogens with zero attached hydrogens (tertiary/aromatic N) is 1. The molecule has 2 nitrogen and oxygen atoms in total. The molecule has 2 aromatic carbocycles. The second-order valence-corrected chi connectivity index (χ2v) is 8.77. The number of unbranched alkanes of at least 4 members (excludes halogenated alkanes) is 5. The first kappa shape index (κ1) is 21.9. The SMILES string of the molecule is CCCN(CCCCCCCCc1ccccc1)C1CCc2c(N)cccc2C1. The molecule has 1 atom stereocenters. The van der Waals surface area contributed by atoms with Crippen LogP contribution >= 0.6 is 0 Å². The van der Waals surface area contributed by atoms with Gasteiger partial charge >= 0.3 is 0 Å². The lowest BCUT2D eigenvalue weighted by Gasteiger charge is -2.35. The number of aryl methyl sites for hydroxylation is 1. The second-order valence-electron chi connectivity index (χ2n) is 8.77. The minimum Gasteiger partial charge on any atom is -0.398 e. The average Bonchev–Trinajstić information content (AvgIpc) is 2.75. The minimum absolute atomic E-state index is 0.704. The maximum absolute atomic E-state index is 6.19. The molecule has 0 heterocycles. The van der Waals surface area contributed by atoms with E-state index in [4.69, 9.17) is 5.73 Å². The Labute approximate surface area is 178 Å². The zero-order chi connectivity index (χ0) is 20.3. The molecule has 1 aliphatic carbocycles. The highest BCUT2D eigenvalue weighted by Gasteiger charge is 2.24. The van der Waals surface area contributed by atoms with Crippen LogP contribution in [-0.2, 0) is 19.3 Å². The number of anilines is 1. The van der Waals surface area contributed by atoms with Gasteiger partial charge in [-0.1, -0.05) is 75.1 Å². The Morgan fingerprint density at radius 2 is 1.62 bits per heavy atom. The Morgan fingerprint density at radius 3 is 2.41 bits per heavy atom. The summed E-state index contributed by atoms with van der Waals surface area (Å²) in [6, 6.07) is 18.1. The average molecular weight is 393 g/mol. The van der Waals surface area contributed by atoms with Crippen molar-refractivity contribution in [2.75, 3.05) is 18.8 Å². The number of nitrogen functional groups attached to an aromatic ring is 1. The fourth-order valence-corrected chi connectivity index (χ4v) is 4.89. The van der Waals surface area contributed by atoms with Crippen LogP contribution < -0.4 is 5.73 Å². The largest absolute Gasteiger partial charge is 0.398 e. The molecule has 158 valence electrons. The van der Waals surface area contributed by atoms with E-state index in [0.29, 0.717) is 6.04 Å². The van der Waals surface area contributed by atoms with E-state index in [1.807, 2.05) is 0 Å². The van der Waals surface area contributed by atoms with E-state index < -0.39 is 0 Å². The first-order valence-electron chi connectivity index (χ1n) is 11.9. The number of rotatable bonds is 12. The van der Waals surface area contributed by atoms with Crippen molar-refractivity contribution in [2.24, 2.45) is 0 Å². The molecule has 1 aliphatic rings. The van der Waals surface area contributed by atoms with Crippen molar-refractivity contribution in [3.05, 3.63) is 65.2 Å². The van der Waals surface area contributed by atoms with Gasteiger partial charge in [0.2, 0.25) is 0 Å². The molecule has 0 amide bonds. The highest BCUT2D eigenvalue weighted by Crippen LogP contribution is 2.29. The summed E-state index contributed by atoms with van der Waals surface area (Å²) in [6.07, 6.45) is 14.3. The lowest BCUT2D eigenvalue weighted by Crippen LogP contribution is -2.40. The third-order valence-corrected chi connectivity index (χ3v) is 6.52. The van der Waals surface area contributed by atoms with Crippen LogP contribution in [0.1, 0.15) is 75.0 Å². The molecule has 1 unspecified atom stereocenters. The number of hydrogen-bond acceptors (Lipinski definition) is 2. The maximum atomic E-state index is 6.19. The molecule has 29 heavy (non-hydrogen) atoms. The van der Waals surface area contributed by atoms with Crippen LogP contribution in [0.5, 0.6) is 0 Å². The summed E-state index contributed by atoms with van der Waals surface area (Å²) in [5.74, 6) is 0. The number of nitrogens with two attached hydrogens (primary N) is 1. The topological polar surface area (TPSA) is 29.3 Å². The van der Waals surface area contributed by atoms with Gasteiger partial charge in [-0.3, -0.25) is 0 Å². The number of fused-ring (bicyclic) bond motifs is 1. The quantitative estimate of drug-likeness (QED) is 0.333. The molecular formula is C27H40N2. The molecule has 0 fully saturated rings.